The summed E-state index contributed by atoms with van der Waals surface area (Å²) in [5.41, 5.74) is 1.26. The minimum atomic E-state index is -2.73. The Labute approximate surface area is 96.0 Å². The molecule has 0 radical (unpaired) electrons. The molecule has 4 heteroatoms. The Hall–Kier alpha value is -0.870. The summed E-state index contributed by atoms with van der Waals surface area (Å²) in [5, 5.41) is -0.0730. The zero-order valence-corrected chi connectivity index (χ0v) is 9.86. The first-order valence-electron chi connectivity index (χ1n) is 5.63. The van der Waals surface area contributed by atoms with Crippen molar-refractivity contribution >= 4 is 9.84 Å². The van der Waals surface area contributed by atoms with Crippen LogP contribution in [0.25, 0.3) is 0 Å². The maximum Gasteiger partial charge on any atom is 0.155 e. The molecule has 0 bridgehead atoms. The summed E-state index contributed by atoms with van der Waals surface area (Å²) in [7, 11) is -2.73. The summed E-state index contributed by atoms with van der Waals surface area (Å²) in [5.74, 6) is 0.803. The number of hydrogen-bond acceptors (Lipinski definition) is 3. The highest BCUT2D eigenvalue weighted by molar-refractivity contribution is 7.93. The third kappa shape index (κ3) is 1.66. The quantitative estimate of drug-likeness (QED) is 0.767. The van der Waals surface area contributed by atoms with Crippen LogP contribution in [0.4, 0.5) is 0 Å². The summed E-state index contributed by atoms with van der Waals surface area (Å²) in [6.45, 7) is 2.55. The molecular formula is C12H15NO2S. The molecule has 0 amide bonds. The molecule has 0 spiro atoms. The standard InChI is InChI=1S/C12H15NO2S/c14-16(15)9-11-7-13(8-12(11)16)6-10-4-2-1-3-5-10/h1-5,11-12H,6-9H2/t11-,12-/m1/s1. The van der Waals surface area contributed by atoms with Crippen LogP contribution >= 0.6 is 0 Å². The fourth-order valence-corrected chi connectivity index (χ4v) is 4.79. The van der Waals surface area contributed by atoms with Gasteiger partial charge in [0.25, 0.3) is 0 Å². The number of hydrogen-bond donors (Lipinski definition) is 0. The van der Waals surface area contributed by atoms with E-state index in [-0.39, 0.29) is 5.25 Å². The number of nitrogens with zero attached hydrogens (tertiary/aromatic N) is 1. The molecule has 3 nitrogen and oxygen atoms in total. The van der Waals surface area contributed by atoms with Crippen LogP contribution in [-0.4, -0.2) is 37.4 Å². The van der Waals surface area contributed by atoms with Gasteiger partial charge in [0.1, 0.15) is 0 Å². The molecule has 1 aromatic carbocycles. The van der Waals surface area contributed by atoms with Crippen molar-refractivity contribution in [2.24, 2.45) is 5.92 Å². The van der Waals surface area contributed by atoms with E-state index in [1.165, 1.54) is 5.56 Å². The van der Waals surface area contributed by atoms with Gasteiger partial charge in [-0.1, -0.05) is 30.3 Å². The molecule has 2 aliphatic rings. The number of likely N-dealkylation sites (tertiary alicyclic amines) is 1. The SMILES string of the molecule is O=S1(=O)C[C@H]2CN(Cc3ccccc3)C[C@H]21. The predicted molar refractivity (Wildman–Crippen MR) is 62.8 cm³/mol. The van der Waals surface area contributed by atoms with Crippen LogP contribution in [0.5, 0.6) is 0 Å². The maximum absolute atomic E-state index is 11.5. The van der Waals surface area contributed by atoms with Crippen molar-refractivity contribution in [2.75, 3.05) is 18.8 Å². The summed E-state index contributed by atoms with van der Waals surface area (Å²) in [4.78, 5) is 2.26. The molecule has 1 aromatic rings. The number of fused-ring (bicyclic) bond motifs is 1. The van der Waals surface area contributed by atoms with Crippen molar-refractivity contribution in [1.82, 2.24) is 4.90 Å². The van der Waals surface area contributed by atoms with Crippen LogP contribution in [-0.2, 0) is 16.4 Å². The van der Waals surface area contributed by atoms with Gasteiger partial charge in [0.05, 0.1) is 11.0 Å². The van der Waals surface area contributed by atoms with Crippen LogP contribution in [0.3, 0.4) is 0 Å². The minimum absolute atomic E-state index is 0.0730. The van der Waals surface area contributed by atoms with E-state index in [1.54, 1.807) is 0 Å². The maximum atomic E-state index is 11.5. The second-order valence-electron chi connectivity index (χ2n) is 4.81. The number of benzene rings is 1. The molecule has 2 heterocycles. The number of sulfone groups is 1. The molecule has 0 saturated carbocycles. The Morgan fingerprint density at radius 3 is 2.56 bits per heavy atom. The van der Waals surface area contributed by atoms with Gasteiger partial charge < -0.3 is 0 Å². The minimum Gasteiger partial charge on any atom is -0.297 e. The topological polar surface area (TPSA) is 37.4 Å². The first-order chi connectivity index (χ1) is 7.65. The predicted octanol–water partition coefficient (Wildman–Crippen LogP) is 0.915. The second-order valence-corrected chi connectivity index (χ2v) is 7.07. The average Bonchev–Trinajstić information content (AvgIpc) is 2.59. The first kappa shape index (κ1) is 10.3. The van der Waals surface area contributed by atoms with E-state index in [0.29, 0.717) is 11.7 Å². The van der Waals surface area contributed by atoms with Gasteiger partial charge in [-0.15, -0.1) is 0 Å². The third-order valence-corrected chi connectivity index (χ3v) is 5.96. The lowest BCUT2D eigenvalue weighted by Gasteiger charge is -2.28. The smallest absolute Gasteiger partial charge is 0.155 e. The molecule has 0 unspecified atom stereocenters. The molecule has 86 valence electrons. The van der Waals surface area contributed by atoms with Gasteiger partial charge in [-0.05, 0) is 5.56 Å². The summed E-state index contributed by atoms with van der Waals surface area (Å²) >= 11 is 0. The van der Waals surface area contributed by atoms with Gasteiger partial charge in [0.15, 0.2) is 9.84 Å². The molecule has 0 aliphatic carbocycles. The summed E-state index contributed by atoms with van der Waals surface area (Å²) in [6.07, 6.45) is 0. The molecule has 2 aliphatic heterocycles. The van der Waals surface area contributed by atoms with Crippen LogP contribution in [0.1, 0.15) is 5.56 Å². The van der Waals surface area contributed by atoms with Gasteiger partial charge in [-0.2, -0.15) is 0 Å². The van der Waals surface area contributed by atoms with Crippen LogP contribution < -0.4 is 0 Å². The Balaban J connectivity index is 1.68. The highest BCUT2D eigenvalue weighted by atomic mass is 32.2. The van der Waals surface area contributed by atoms with E-state index in [0.717, 1.165) is 19.6 Å². The molecule has 2 saturated heterocycles. The number of rotatable bonds is 2. The Bertz CT molecular complexity index is 483. The Morgan fingerprint density at radius 2 is 1.94 bits per heavy atom. The van der Waals surface area contributed by atoms with Crippen molar-refractivity contribution in [2.45, 2.75) is 11.8 Å². The highest BCUT2D eigenvalue weighted by Crippen LogP contribution is 2.35. The van der Waals surface area contributed by atoms with Crippen molar-refractivity contribution in [3.05, 3.63) is 35.9 Å². The van der Waals surface area contributed by atoms with Crippen molar-refractivity contribution < 1.29 is 8.42 Å². The highest BCUT2D eigenvalue weighted by Gasteiger charge is 2.51. The molecule has 0 N–H and O–H groups in total. The summed E-state index contributed by atoms with van der Waals surface area (Å²) < 4.78 is 22.9. The Kier molecular flexibility index (Phi) is 2.30. The van der Waals surface area contributed by atoms with Crippen LogP contribution in [0.15, 0.2) is 30.3 Å². The first-order valence-corrected chi connectivity index (χ1v) is 7.34. The molecule has 0 aromatic heterocycles. The van der Waals surface area contributed by atoms with Crippen LogP contribution in [0.2, 0.25) is 0 Å². The van der Waals surface area contributed by atoms with Gasteiger partial charge in [0.2, 0.25) is 0 Å². The van der Waals surface area contributed by atoms with Crippen molar-refractivity contribution in [3.63, 3.8) is 0 Å². The average molecular weight is 237 g/mol. The van der Waals surface area contributed by atoms with E-state index in [9.17, 15) is 8.42 Å². The lowest BCUT2D eigenvalue weighted by atomic mass is 10.1. The van der Waals surface area contributed by atoms with Gasteiger partial charge >= 0.3 is 0 Å². The molecule has 2 atom stereocenters. The largest absolute Gasteiger partial charge is 0.297 e. The lowest BCUT2D eigenvalue weighted by molar-refractivity contribution is 0.322. The van der Waals surface area contributed by atoms with E-state index in [1.807, 2.05) is 18.2 Å². The van der Waals surface area contributed by atoms with Gasteiger partial charge in [-0.3, -0.25) is 4.90 Å². The molecule has 16 heavy (non-hydrogen) atoms. The molecular weight excluding hydrogens is 222 g/mol. The second kappa shape index (κ2) is 3.57. The zero-order valence-electron chi connectivity index (χ0n) is 9.04. The van der Waals surface area contributed by atoms with Crippen molar-refractivity contribution in [1.29, 1.82) is 0 Å². The Morgan fingerprint density at radius 1 is 1.19 bits per heavy atom. The zero-order chi connectivity index (χ0) is 11.2. The van der Waals surface area contributed by atoms with E-state index >= 15 is 0 Å². The fourth-order valence-electron chi connectivity index (χ4n) is 2.76. The summed E-state index contributed by atoms with van der Waals surface area (Å²) in [6, 6.07) is 10.2. The molecule has 2 fully saturated rings. The van der Waals surface area contributed by atoms with Crippen molar-refractivity contribution in [3.8, 4) is 0 Å². The van der Waals surface area contributed by atoms with E-state index in [4.69, 9.17) is 0 Å². The van der Waals surface area contributed by atoms with E-state index < -0.39 is 9.84 Å². The van der Waals surface area contributed by atoms with E-state index in [2.05, 4.69) is 17.0 Å². The van der Waals surface area contributed by atoms with Gasteiger partial charge in [0, 0.05) is 25.6 Å². The monoisotopic (exact) mass is 237 g/mol. The lowest BCUT2D eigenvalue weighted by Crippen LogP contribution is -2.45. The third-order valence-electron chi connectivity index (χ3n) is 3.61. The normalized spacial score (nSPS) is 32.0. The molecule has 3 rings (SSSR count). The van der Waals surface area contributed by atoms with Gasteiger partial charge in [-0.25, -0.2) is 8.42 Å². The fraction of sp³-hybridized carbons (Fsp3) is 0.500. The van der Waals surface area contributed by atoms with Crippen LogP contribution in [0, 0.1) is 5.92 Å².